The van der Waals surface area contributed by atoms with Gasteiger partial charge in [0, 0.05) is 28.6 Å². The first-order valence-corrected chi connectivity index (χ1v) is 7.13. The first kappa shape index (κ1) is 13.3. The number of furan rings is 1. The summed E-state index contributed by atoms with van der Waals surface area (Å²) in [5.74, 6) is 1.41. The van der Waals surface area contributed by atoms with E-state index in [-0.39, 0.29) is 5.69 Å². The topological polar surface area (TPSA) is 72.1 Å². The molecule has 2 heterocycles. The van der Waals surface area contributed by atoms with Crippen molar-refractivity contribution in [1.82, 2.24) is 4.98 Å². The summed E-state index contributed by atoms with van der Waals surface area (Å²) in [7, 11) is 0. The quantitative estimate of drug-likeness (QED) is 0.427. The standard InChI is InChI=1S/C18H12N2O3/c21-20(22)14-7-5-12(6-8-14)17-9-10-18(23-17)16-11-13-3-1-2-4-15(13)19-16/h1-11,19H. The largest absolute Gasteiger partial charge is 0.455 e. The number of hydrogen-bond acceptors (Lipinski definition) is 3. The summed E-state index contributed by atoms with van der Waals surface area (Å²) in [4.78, 5) is 13.6. The highest BCUT2D eigenvalue weighted by Gasteiger charge is 2.11. The number of nitrogens with one attached hydrogen (secondary N) is 1. The summed E-state index contributed by atoms with van der Waals surface area (Å²) >= 11 is 0. The van der Waals surface area contributed by atoms with E-state index in [4.69, 9.17) is 4.42 Å². The van der Waals surface area contributed by atoms with Crippen molar-refractivity contribution in [2.75, 3.05) is 0 Å². The molecule has 0 amide bonds. The van der Waals surface area contributed by atoms with Gasteiger partial charge in [0.2, 0.25) is 0 Å². The second-order valence-corrected chi connectivity index (χ2v) is 5.24. The Kier molecular flexibility index (Phi) is 2.98. The Labute approximate surface area is 131 Å². The number of rotatable bonds is 3. The first-order valence-electron chi connectivity index (χ1n) is 7.13. The lowest BCUT2D eigenvalue weighted by atomic mass is 10.1. The van der Waals surface area contributed by atoms with Crippen LogP contribution in [-0.2, 0) is 0 Å². The number of nitro groups is 1. The van der Waals surface area contributed by atoms with Crippen LogP contribution in [0.3, 0.4) is 0 Å². The third-order valence-corrected chi connectivity index (χ3v) is 3.76. The maximum atomic E-state index is 10.7. The number of H-pyrrole nitrogens is 1. The number of benzene rings is 2. The average Bonchev–Trinajstić information content (AvgIpc) is 3.21. The van der Waals surface area contributed by atoms with Gasteiger partial charge < -0.3 is 9.40 Å². The van der Waals surface area contributed by atoms with Gasteiger partial charge in [-0.1, -0.05) is 18.2 Å². The third kappa shape index (κ3) is 2.38. The minimum absolute atomic E-state index is 0.0659. The highest BCUT2D eigenvalue weighted by molar-refractivity contribution is 5.85. The van der Waals surface area contributed by atoms with Crippen LogP contribution in [0.5, 0.6) is 0 Å². The van der Waals surface area contributed by atoms with Crippen LogP contribution in [0.1, 0.15) is 0 Å². The van der Waals surface area contributed by atoms with Crippen molar-refractivity contribution in [3.8, 4) is 22.8 Å². The van der Waals surface area contributed by atoms with Gasteiger partial charge in [-0.2, -0.15) is 0 Å². The molecule has 5 nitrogen and oxygen atoms in total. The lowest BCUT2D eigenvalue weighted by Crippen LogP contribution is -1.86. The summed E-state index contributed by atoms with van der Waals surface area (Å²) < 4.78 is 5.88. The van der Waals surface area contributed by atoms with E-state index in [0.717, 1.165) is 27.9 Å². The highest BCUT2D eigenvalue weighted by Crippen LogP contribution is 2.30. The van der Waals surface area contributed by atoms with Gasteiger partial charge in [-0.15, -0.1) is 0 Å². The fourth-order valence-corrected chi connectivity index (χ4v) is 2.59. The lowest BCUT2D eigenvalue weighted by Gasteiger charge is -1.97. The van der Waals surface area contributed by atoms with E-state index < -0.39 is 4.92 Å². The lowest BCUT2D eigenvalue weighted by molar-refractivity contribution is -0.384. The van der Waals surface area contributed by atoms with E-state index in [0.29, 0.717) is 5.76 Å². The van der Waals surface area contributed by atoms with Gasteiger partial charge >= 0.3 is 0 Å². The minimum atomic E-state index is -0.415. The molecule has 0 aliphatic heterocycles. The Morgan fingerprint density at radius 1 is 0.913 bits per heavy atom. The van der Waals surface area contributed by atoms with E-state index >= 15 is 0 Å². The van der Waals surface area contributed by atoms with Crippen LogP contribution in [0.15, 0.2) is 71.1 Å². The smallest absolute Gasteiger partial charge is 0.269 e. The first-order chi connectivity index (χ1) is 11.2. The fraction of sp³-hybridized carbons (Fsp3) is 0. The van der Waals surface area contributed by atoms with Crippen LogP contribution in [0, 0.1) is 10.1 Å². The molecule has 0 radical (unpaired) electrons. The van der Waals surface area contributed by atoms with Crippen LogP contribution in [0.2, 0.25) is 0 Å². The van der Waals surface area contributed by atoms with Crippen molar-refractivity contribution in [3.63, 3.8) is 0 Å². The SMILES string of the molecule is O=[N+]([O-])c1ccc(-c2ccc(-c3cc4ccccc4[nH]3)o2)cc1. The Balaban J connectivity index is 1.69. The van der Waals surface area contributed by atoms with Crippen LogP contribution in [0.25, 0.3) is 33.7 Å². The average molecular weight is 304 g/mol. The number of aromatic amines is 1. The molecule has 0 aliphatic rings. The number of para-hydroxylation sites is 1. The molecule has 4 aromatic rings. The maximum Gasteiger partial charge on any atom is 0.269 e. The molecule has 1 N–H and O–H groups in total. The van der Waals surface area contributed by atoms with Gasteiger partial charge in [0.1, 0.15) is 5.76 Å². The fourth-order valence-electron chi connectivity index (χ4n) is 2.59. The number of fused-ring (bicyclic) bond motifs is 1. The molecule has 2 aromatic heterocycles. The molecule has 4 rings (SSSR count). The molecule has 0 unspecified atom stereocenters. The van der Waals surface area contributed by atoms with Gasteiger partial charge in [-0.05, 0) is 36.4 Å². The number of nitrogens with zero attached hydrogens (tertiary/aromatic N) is 1. The van der Waals surface area contributed by atoms with Crippen molar-refractivity contribution < 1.29 is 9.34 Å². The second-order valence-electron chi connectivity index (χ2n) is 5.24. The van der Waals surface area contributed by atoms with Crippen LogP contribution in [-0.4, -0.2) is 9.91 Å². The van der Waals surface area contributed by atoms with Crippen molar-refractivity contribution in [1.29, 1.82) is 0 Å². The molecular weight excluding hydrogens is 292 g/mol. The minimum Gasteiger partial charge on any atom is -0.455 e. The summed E-state index contributed by atoms with van der Waals surface area (Å²) in [6.45, 7) is 0. The molecule has 0 atom stereocenters. The summed E-state index contributed by atoms with van der Waals surface area (Å²) in [5, 5.41) is 11.8. The normalized spacial score (nSPS) is 11.0. The molecule has 2 aromatic carbocycles. The monoisotopic (exact) mass is 304 g/mol. The zero-order chi connectivity index (χ0) is 15.8. The molecule has 0 aliphatic carbocycles. The van der Waals surface area contributed by atoms with Crippen LogP contribution < -0.4 is 0 Å². The summed E-state index contributed by atoms with van der Waals surface area (Å²) in [6.07, 6.45) is 0. The Morgan fingerprint density at radius 3 is 2.39 bits per heavy atom. The number of hydrogen-bond donors (Lipinski definition) is 1. The van der Waals surface area contributed by atoms with Gasteiger partial charge in [0.25, 0.3) is 5.69 Å². The van der Waals surface area contributed by atoms with Crippen molar-refractivity contribution >= 4 is 16.6 Å². The third-order valence-electron chi connectivity index (χ3n) is 3.76. The molecule has 5 heteroatoms. The molecule has 0 saturated heterocycles. The van der Waals surface area contributed by atoms with Crippen LogP contribution in [0.4, 0.5) is 5.69 Å². The molecule has 23 heavy (non-hydrogen) atoms. The van der Waals surface area contributed by atoms with Gasteiger partial charge in [0.15, 0.2) is 5.76 Å². The van der Waals surface area contributed by atoms with E-state index in [2.05, 4.69) is 4.98 Å². The molecule has 0 saturated carbocycles. The highest BCUT2D eigenvalue weighted by atomic mass is 16.6. The van der Waals surface area contributed by atoms with Crippen molar-refractivity contribution in [3.05, 3.63) is 76.8 Å². The zero-order valence-electron chi connectivity index (χ0n) is 12.0. The van der Waals surface area contributed by atoms with E-state index in [1.54, 1.807) is 12.1 Å². The predicted molar refractivity (Wildman–Crippen MR) is 88.1 cm³/mol. The van der Waals surface area contributed by atoms with Gasteiger partial charge in [-0.25, -0.2) is 0 Å². The zero-order valence-corrected chi connectivity index (χ0v) is 12.0. The van der Waals surface area contributed by atoms with Crippen molar-refractivity contribution in [2.24, 2.45) is 0 Å². The van der Waals surface area contributed by atoms with Gasteiger partial charge in [0.05, 0.1) is 10.6 Å². The van der Waals surface area contributed by atoms with E-state index in [1.165, 1.54) is 12.1 Å². The molecule has 112 valence electrons. The number of aromatic nitrogens is 1. The number of nitro benzene ring substituents is 1. The molecule has 0 fully saturated rings. The van der Waals surface area contributed by atoms with E-state index in [9.17, 15) is 10.1 Å². The van der Waals surface area contributed by atoms with Crippen LogP contribution >= 0.6 is 0 Å². The predicted octanol–water partition coefficient (Wildman–Crippen LogP) is 5.00. The molecule has 0 bridgehead atoms. The Morgan fingerprint density at radius 2 is 1.65 bits per heavy atom. The number of non-ortho nitro benzene ring substituents is 1. The van der Waals surface area contributed by atoms with Gasteiger partial charge in [-0.3, -0.25) is 10.1 Å². The maximum absolute atomic E-state index is 10.7. The Bertz CT molecular complexity index is 963. The molecular formula is C18H12N2O3. The Hall–Kier alpha value is -3.34. The van der Waals surface area contributed by atoms with E-state index in [1.807, 2.05) is 42.5 Å². The second kappa shape index (κ2) is 5.14. The summed E-state index contributed by atoms with van der Waals surface area (Å²) in [5.41, 5.74) is 2.82. The van der Waals surface area contributed by atoms with Crippen molar-refractivity contribution in [2.45, 2.75) is 0 Å². The molecule has 0 spiro atoms. The summed E-state index contributed by atoms with van der Waals surface area (Å²) in [6, 6.07) is 20.1.